The van der Waals surface area contributed by atoms with E-state index < -0.39 is 0 Å². The lowest BCUT2D eigenvalue weighted by molar-refractivity contribution is 0.264. The van der Waals surface area contributed by atoms with E-state index in [1.165, 1.54) is 11.1 Å². The third-order valence-electron chi connectivity index (χ3n) is 5.30. The number of aromatic nitrogens is 2. The van der Waals surface area contributed by atoms with Crippen LogP contribution in [0.3, 0.4) is 0 Å². The number of hydrogen-bond donors (Lipinski definition) is 3. The predicted octanol–water partition coefficient (Wildman–Crippen LogP) is 1.73. The third-order valence-corrected chi connectivity index (χ3v) is 5.30. The fraction of sp³-hybridized carbons (Fsp3) is 0.474. The molecule has 0 atom stereocenters. The molecule has 1 aliphatic heterocycles. The maximum absolute atomic E-state index is 5.88. The van der Waals surface area contributed by atoms with Gasteiger partial charge in [0.15, 0.2) is 0 Å². The maximum Gasteiger partial charge on any atom is 0.222 e. The van der Waals surface area contributed by atoms with Crippen LogP contribution >= 0.6 is 0 Å². The Hall–Kier alpha value is -2.18. The van der Waals surface area contributed by atoms with Crippen molar-refractivity contribution in [2.24, 2.45) is 5.73 Å². The first-order valence-electron chi connectivity index (χ1n) is 9.10. The Kier molecular flexibility index (Phi) is 4.55. The first-order valence-corrected chi connectivity index (χ1v) is 9.10. The van der Waals surface area contributed by atoms with Crippen molar-refractivity contribution in [1.82, 2.24) is 14.9 Å². The Morgan fingerprint density at radius 3 is 2.76 bits per heavy atom. The summed E-state index contributed by atoms with van der Waals surface area (Å²) in [5, 5.41) is 3.41. The van der Waals surface area contributed by atoms with E-state index in [0.29, 0.717) is 17.9 Å². The van der Waals surface area contributed by atoms with Crippen LogP contribution < -0.4 is 16.8 Å². The summed E-state index contributed by atoms with van der Waals surface area (Å²) >= 11 is 0. The number of benzene rings is 1. The van der Waals surface area contributed by atoms with Crippen LogP contribution in [-0.2, 0) is 13.0 Å². The molecule has 6 heteroatoms. The van der Waals surface area contributed by atoms with Crippen molar-refractivity contribution in [2.45, 2.75) is 37.8 Å². The summed E-state index contributed by atoms with van der Waals surface area (Å²) in [5.41, 5.74) is 15.7. The highest BCUT2D eigenvalue weighted by atomic mass is 15.2. The molecule has 0 bridgehead atoms. The average Bonchev–Trinajstić information content (AvgIpc) is 2.58. The quantitative estimate of drug-likeness (QED) is 0.769. The molecule has 0 unspecified atom stereocenters. The zero-order chi connectivity index (χ0) is 17.2. The topological polar surface area (TPSA) is 93.1 Å². The van der Waals surface area contributed by atoms with Gasteiger partial charge in [-0.3, -0.25) is 4.90 Å². The summed E-state index contributed by atoms with van der Waals surface area (Å²) in [6.45, 7) is 3.97. The lowest BCUT2D eigenvalue weighted by Crippen LogP contribution is -2.35. The highest BCUT2D eigenvalue weighted by molar-refractivity contribution is 5.42. The standard InChI is InChI=1S/C19H26N6/c20-16-9-15(10-16)17-11-18(24-19(21)23-17)22-6-8-25-7-5-13-3-1-2-4-14(13)12-25/h1-4,11,15-16H,5-10,12,20H2,(H3,21,22,23,24). The van der Waals surface area contributed by atoms with Gasteiger partial charge in [0.05, 0.1) is 5.69 Å². The van der Waals surface area contributed by atoms with Gasteiger partial charge in [0.1, 0.15) is 5.82 Å². The minimum absolute atomic E-state index is 0.305. The van der Waals surface area contributed by atoms with Gasteiger partial charge in [0, 0.05) is 44.2 Å². The summed E-state index contributed by atoms with van der Waals surface area (Å²) in [7, 11) is 0. The largest absolute Gasteiger partial charge is 0.369 e. The molecule has 0 saturated heterocycles. The number of hydrogen-bond acceptors (Lipinski definition) is 6. The van der Waals surface area contributed by atoms with E-state index in [-0.39, 0.29) is 0 Å². The second-order valence-corrected chi connectivity index (χ2v) is 7.19. The fourth-order valence-corrected chi connectivity index (χ4v) is 3.78. The molecule has 1 aliphatic carbocycles. The van der Waals surface area contributed by atoms with E-state index in [1.807, 2.05) is 6.07 Å². The van der Waals surface area contributed by atoms with E-state index in [4.69, 9.17) is 11.5 Å². The second-order valence-electron chi connectivity index (χ2n) is 7.19. The highest BCUT2D eigenvalue weighted by Crippen LogP contribution is 2.35. The Bertz CT molecular complexity index is 740. The van der Waals surface area contributed by atoms with Crippen LogP contribution in [0.2, 0.25) is 0 Å². The molecule has 4 rings (SSSR count). The lowest BCUT2D eigenvalue weighted by atomic mass is 9.78. The van der Waals surface area contributed by atoms with Crippen molar-refractivity contribution in [3.8, 4) is 0 Å². The summed E-state index contributed by atoms with van der Waals surface area (Å²) in [4.78, 5) is 11.2. The summed E-state index contributed by atoms with van der Waals surface area (Å²) in [6.07, 6.45) is 3.11. The molecular weight excluding hydrogens is 312 g/mol. The Morgan fingerprint density at radius 2 is 1.96 bits per heavy atom. The van der Waals surface area contributed by atoms with Crippen LogP contribution in [0.4, 0.5) is 11.8 Å². The van der Waals surface area contributed by atoms with Crippen LogP contribution in [0.1, 0.15) is 35.6 Å². The summed E-state index contributed by atoms with van der Waals surface area (Å²) in [5.74, 6) is 1.59. The first kappa shape index (κ1) is 16.3. The van der Waals surface area contributed by atoms with Crippen LogP contribution in [0.5, 0.6) is 0 Å². The monoisotopic (exact) mass is 338 g/mol. The third kappa shape index (κ3) is 3.75. The Labute approximate surface area is 148 Å². The van der Waals surface area contributed by atoms with Crippen molar-refractivity contribution in [3.05, 3.63) is 47.2 Å². The SMILES string of the molecule is Nc1nc(NCCN2CCc3ccccc3C2)cc(C2CC(N)C2)n1. The molecule has 0 amide bonds. The lowest BCUT2D eigenvalue weighted by Gasteiger charge is -2.32. The molecular formula is C19H26N6. The molecule has 1 saturated carbocycles. The van der Waals surface area contributed by atoms with Gasteiger partial charge in [0.2, 0.25) is 5.95 Å². The molecule has 5 N–H and O–H groups in total. The number of nitrogens with one attached hydrogen (secondary N) is 1. The van der Waals surface area contributed by atoms with E-state index in [0.717, 1.165) is 57.0 Å². The van der Waals surface area contributed by atoms with Crippen LogP contribution in [0.15, 0.2) is 30.3 Å². The van der Waals surface area contributed by atoms with Gasteiger partial charge in [-0.25, -0.2) is 4.98 Å². The highest BCUT2D eigenvalue weighted by Gasteiger charge is 2.29. The number of anilines is 2. The minimum atomic E-state index is 0.305. The van der Waals surface area contributed by atoms with Crippen LogP contribution in [0, 0.1) is 0 Å². The minimum Gasteiger partial charge on any atom is -0.369 e. The fourth-order valence-electron chi connectivity index (χ4n) is 3.78. The van der Waals surface area contributed by atoms with E-state index in [9.17, 15) is 0 Å². The normalized spacial score (nSPS) is 22.9. The molecule has 132 valence electrons. The molecule has 25 heavy (non-hydrogen) atoms. The van der Waals surface area contributed by atoms with E-state index in [1.54, 1.807) is 0 Å². The number of nitrogens with two attached hydrogens (primary N) is 2. The summed E-state index contributed by atoms with van der Waals surface area (Å²) in [6, 6.07) is 11.1. The van der Waals surface area contributed by atoms with Crippen molar-refractivity contribution >= 4 is 11.8 Å². The number of fused-ring (bicyclic) bond motifs is 1. The Balaban J connectivity index is 1.32. The van der Waals surface area contributed by atoms with E-state index in [2.05, 4.69) is 44.5 Å². The van der Waals surface area contributed by atoms with Crippen molar-refractivity contribution in [1.29, 1.82) is 0 Å². The Morgan fingerprint density at radius 1 is 1.16 bits per heavy atom. The second kappa shape index (κ2) is 6.98. The zero-order valence-electron chi connectivity index (χ0n) is 14.5. The predicted molar refractivity (Wildman–Crippen MR) is 100 cm³/mol. The molecule has 2 aromatic rings. The zero-order valence-corrected chi connectivity index (χ0v) is 14.5. The van der Waals surface area contributed by atoms with Crippen molar-refractivity contribution in [3.63, 3.8) is 0 Å². The molecule has 6 nitrogen and oxygen atoms in total. The molecule has 1 aromatic carbocycles. The molecule has 1 fully saturated rings. The van der Waals surface area contributed by atoms with Gasteiger partial charge in [-0.1, -0.05) is 24.3 Å². The van der Waals surface area contributed by atoms with Gasteiger partial charge in [-0.15, -0.1) is 0 Å². The molecule has 0 radical (unpaired) electrons. The molecule has 0 spiro atoms. The summed E-state index contributed by atoms with van der Waals surface area (Å²) < 4.78 is 0. The van der Waals surface area contributed by atoms with Gasteiger partial charge < -0.3 is 16.8 Å². The average molecular weight is 338 g/mol. The number of nitrogen functional groups attached to an aromatic ring is 1. The van der Waals surface area contributed by atoms with Crippen molar-refractivity contribution < 1.29 is 0 Å². The van der Waals surface area contributed by atoms with Crippen LogP contribution in [0.25, 0.3) is 0 Å². The molecule has 2 aliphatic rings. The number of nitrogens with zero attached hydrogens (tertiary/aromatic N) is 3. The molecule has 2 heterocycles. The van der Waals surface area contributed by atoms with Gasteiger partial charge in [0.25, 0.3) is 0 Å². The molecule has 1 aromatic heterocycles. The maximum atomic E-state index is 5.88. The number of rotatable bonds is 5. The van der Waals surface area contributed by atoms with Gasteiger partial charge in [-0.05, 0) is 30.4 Å². The van der Waals surface area contributed by atoms with Crippen LogP contribution in [-0.4, -0.2) is 40.5 Å². The smallest absolute Gasteiger partial charge is 0.222 e. The first-order chi connectivity index (χ1) is 12.2. The van der Waals surface area contributed by atoms with Gasteiger partial charge >= 0.3 is 0 Å². The van der Waals surface area contributed by atoms with Gasteiger partial charge in [-0.2, -0.15) is 4.98 Å². The van der Waals surface area contributed by atoms with Crippen molar-refractivity contribution in [2.75, 3.05) is 30.7 Å². The van der Waals surface area contributed by atoms with E-state index >= 15 is 0 Å².